The lowest BCUT2D eigenvalue weighted by atomic mass is 9.76. The Morgan fingerprint density at radius 3 is 2.29 bits per heavy atom. The first kappa shape index (κ1) is 15.8. The van der Waals surface area contributed by atoms with Crippen LogP contribution in [-0.2, 0) is 0 Å². The van der Waals surface area contributed by atoms with Crippen molar-refractivity contribution in [2.75, 3.05) is 19.6 Å². The van der Waals surface area contributed by atoms with Crippen LogP contribution in [0.1, 0.15) is 71.6 Å². The number of rotatable bonds is 9. The number of hydrogen-bond donors (Lipinski definition) is 1. The topological polar surface area (TPSA) is 15.3 Å². The summed E-state index contributed by atoms with van der Waals surface area (Å²) in [5, 5.41) is 3.80. The second-order valence-electron chi connectivity index (χ2n) is 8.02. The van der Waals surface area contributed by atoms with Crippen molar-refractivity contribution in [1.29, 1.82) is 0 Å². The summed E-state index contributed by atoms with van der Waals surface area (Å²) in [7, 11) is 0. The Balaban J connectivity index is 1.56. The highest BCUT2D eigenvalue weighted by Crippen LogP contribution is 2.38. The lowest BCUT2D eigenvalue weighted by Gasteiger charge is -2.39. The van der Waals surface area contributed by atoms with Gasteiger partial charge in [0.15, 0.2) is 0 Å². The molecule has 2 heteroatoms. The smallest absolute Gasteiger partial charge is 0.0108 e. The van der Waals surface area contributed by atoms with Crippen LogP contribution in [0, 0.1) is 17.8 Å². The van der Waals surface area contributed by atoms with Crippen LogP contribution in [-0.4, -0.2) is 36.6 Å². The minimum atomic E-state index is 0.795. The quantitative estimate of drug-likeness (QED) is 0.689. The van der Waals surface area contributed by atoms with E-state index in [-0.39, 0.29) is 0 Å². The fraction of sp³-hybridized carbons (Fsp3) is 1.00. The first-order valence-corrected chi connectivity index (χ1v) is 9.77. The Labute approximate surface area is 132 Å². The molecule has 122 valence electrons. The van der Waals surface area contributed by atoms with E-state index in [1.54, 1.807) is 0 Å². The Kier molecular flexibility index (Phi) is 5.61. The van der Waals surface area contributed by atoms with E-state index in [1.165, 1.54) is 70.9 Å². The van der Waals surface area contributed by atoms with Crippen LogP contribution < -0.4 is 5.32 Å². The monoisotopic (exact) mass is 292 g/mol. The lowest BCUT2D eigenvalue weighted by Crippen LogP contribution is -2.46. The van der Waals surface area contributed by atoms with Crippen molar-refractivity contribution in [3.8, 4) is 0 Å². The molecule has 0 heterocycles. The molecular weight excluding hydrogens is 256 g/mol. The fourth-order valence-electron chi connectivity index (χ4n) is 4.51. The highest BCUT2D eigenvalue weighted by Gasteiger charge is 2.37. The maximum atomic E-state index is 3.80. The summed E-state index contributed by atoms with van der Waals surface area (Å²) in [6.07, 6.45) is 13.2. The lowest BCUT2D eigenvalue weighted by molar-refractivity contribution is 0.128. The van der Waals surface area contributed by atoms with Gasteiger partial charge in [-0.2, -0.15) is 0 Å². The molecule has 2 nitrogen and oxygen atoms in total. The van der Waals surface area contributed by atoms with Crippen molar-refractivity contribution < 1.29 is 0 Å². The Morgan fingerprint density at radius 1 is 0.905 bits per heavy atom. The van der Waals surface area contributed by atoms with Gasteiger partial charge in [-0.15, -0.1) is 0 Å². The molecular formula is C19H36N2. The van der Waals surface area contributed by atoms with E-state index in [2.05, 4.69) is 24.1 Å². The third kappa shape index (κ3) is 4.69. The molecule has 0 saturated heterocycles. The van der Waals surface area contributed by atoms with Gasteiger partial charge < -0.3 is 5.32 Å². The summed E-state index contributed by atoms with van der Waals surface area (Å²) in [4.78, 5) is 2.89. The van der Waals surface area contributed by atoms with Crippen LogP contribution in [0.15, 0.2) is 0 Å². The molecule has 3 aliphatic rings. The molecule has 1 N–H and O–H groups in total. The second-order valence-corrected chi connectivity index (χ2v) is 8.02. The minimum Gasteiger partial charge on any atom is -0.314 e. The Bertz CT molecular complexity index is 309. The van der Waals surface area contributed by atoms with E-state index < -0.39 is 0 Å². The average Bonchev–Trinajstić information content (AvgIpc) is 3.35. The van der Waals surface area contributed by atoms with Crippen LogP contribution >= 0.6 is 0 Å². The van der Waals surface area contributed by atoms with Crippen LogP contribution in [0.25, 0.3) is 0 Å². The van der Waals surface area contributed by atoms with Crippen molar-refractivity contribution in [2.45, 2.75) is 83.7 Å². The van der Waals surface area contributed by atoms with E-state index >= 15 is 0 Å². The molecule has 0 amide bonds. The predicted octanol–water partition coefficient (Wildman–Crippen LogP) is 4.06. The standard InChI is InChI=1S/C19H36N2/c1-3-5-15-8-11-19(20-4-2)17(12-15)14-21(18-9-10-18)13-16-6-7-16/h15-20H,3-14H2,1-2H3. The van der Waals surface area contributed by atoms with Gasteiger partial charge in [0.1, 0.15) is 0 Å². The summed E-state index contributed by atoms with van der Waals surface area (Å²) in [6, 6.07) is 1.75. The highest BCUT2D eigenvalue weighted by atomic mass is 15.2. The van der Waals surface area contributed by atoms with E-state index in [4.69, 9.17) is 0 Å². The number of nitrogens with zero attached hydrogens (tertiary/aromatic N) is 1. The number of nitrogens with one attached hydrogen (secondary N) is 1. The molecule has 3 unspecified atom stereocenters. The third-order valence-corrected chi connectivity index (χ3v) is 5.98. The van der Waals surface area contributed by atoms with Gasteiger partial charge >= 0.3 is 0 Å². The molecule has 3 rings (SSSR count). The Morgan fingerprint density at radius 2 is 1.67 bits per heavy atom. The molecule has 0 radical (unpaired) electrons. The summed E-state index contributed by atoms with van der Waals surface area (Å²) in [5.41, 5.74) is 0. The van der Waals surface area contributed by atoms with Gasteiger partial charge in [0.2, 0.25) is 0 Å². The molecule has 3 atom stereocenters. The van der Waals surface area contributed by atoms with E-state index in [1.807, 2.05) is 0 Å². The molecule has 3 saturated carbocycles. The zero-order chi connectivity index (χ0) is 14.7. The summed E-state index contributed by atoms with van der Waals surface area (Å²) in [5.74, 6) is 2.98. The van der Waals surface area contributed by atoms with E-state index in [9.17, 15) is 0 Å². The van der Waals surface area contributed by atoms with Crippen molar-refractivity contribution >= 4 is 0 Å². The normalized spacial score (nSPS) is 33.6. The maximum absolute atomic E-state index is 3.80. The van der Waals surface area contributed by atoms with Gasteiger partial charge in [-0.1, -0.05) is 26.7 Å². The molecule has 0 aromatic rings. The van der Waals surface area contributed by atoms with Gasteiger partial charge in [-0.3, -0.25) is 4.90 Å². The van der Waals surface area contributed by atoms with Crippen molar-refractivity contribution in [2.24, 2.45) is 17.8 Å². The second kappa shape index (κ2) is 7.46. The average molecular weight is 293 g/mol. The van der Waals surface area contributed by atoms with Gasteiger partial charge in [0.05, 0.1) is 0 Å². The van der Waals surface area contributed by atoms with Crippen molar-refractivity contribution in [3.63, 3.8) is 0 Å². The van der Waals surface area contributed by atoms with Crippen LogP contribution in [0.4, 0.5) is 0 Å². The Hall–Kier alpha value is -0.0800. The predicted molar refractivity (Wildman–Crippen MR) is 90.5 cm³/mol. The molecule has 0 aromatic carbocycles. The maximum Gasteiger partial charge on any atom is 0.0108 e. The van der Waals surface area contributed by atoms with Crippen LogP contribution in [0.2, 0.25) is 0 Å². The largest absolute Gasteiger partial charge is 0.314 e. The molecule has 0 aromatic heterocycles. The van der Waals surface area contributed by atoms with Gasteiger partial charge in [0, 0.05) is 25.2 Å². The van der Waals surface area contributed by atoms with Gasteiger partial charge in [-0.25, -0.2) is 0 Å². The zero-order valence-corrected chi connectivity index (χ0v) is 14.3. The summed E-state index contributed by atoms with van der Waals surface area (Å²) >= 11 is 0. The minimum absolute atomic E-state index is 0.795. The molecule has 0 spiro atoms. The summed E-state index contributed by atoms with van der Waals surface area (Å²) < 4.78 is 0. The first-order valence-electron chi connectivity index (χ1n) is 9.77. The molecule has 3 fully saturated rings. The van der Waals surface area contributed by atoms with Gasteiger partial charge in [-0.05, 0) is 69.2 Å². The van der Waals surface area contributed by atoms with E-state index in [0.717, 1.165) is 36.4 Å². The van der Waals surface area contributed by atoms with Crippen molar-refractivity contribution in [1.82, 2.24) is 10.2 Å². The van der Waals surface area contributed by atoms with E-state index in [0.29, 0.717) is 0 Å². The SMILES string of the molecule is CCCC1CCC(NCC)C(CN(CC2CC2)C2CC2)C1. The molecule has 0 bridgehead atoms. The van der Waals surface area contributed by atoms with Crippen molar-refractivity contribution in [3.05, 3.63) is 0 Å². The molecule has 3 aliphatic carbocycles. The summed E-state index contributed by atoms with van der Waals surface area (Å²) in [6.45, 7) is 8.58. The van der Waals surface area contributed by atoms with Gasteiger partial charge in [0.25, 0.3) is 0 Å². The number of hydrogen-bond acceptors (Lipinski definition) is 2. The fourth-order valence-corrected chi connectivity index (χ4v) is 4.51. The molecule has 21 heavy (non-hydrogen) atoms. The zero-order valence-electron chi connectivity index (χ0n) is 14.3. The van der Waals surface area contributed by atoms with Crippen LogP contribution in [0.3, 0.4) is 0 Å². The highest BCUT2D eigenvalue weighted by molar-refractivity contribution is 4.93. The third-order valence-electron chi connectivity index (χ3n) is 5.98. The van der Waals surface area contributed by atoms with Crippen LogP contribution in [0.5, 0.6) is 0 Å². The molecule has 0 aliphatic heterocycles. The first-order chi connectivity index (χ1) is 10.3.